The van der Waals surface area contributed by atoms with Gasteiger partial charge in [0.2, 0.25) is 5.91 Å². The zero-order chi connectivity index (χ0) is 18.8. The molecule has 146 valence electrons. The van der Waals surface area contributed by atoms with Gasteiger partial charge in [-0.25, -0.2) is 4.98 Å². The van der Waals surface area contributed by atoms with E-state index in [1.165, 1.54) is 47.9 Å². The van der Waals surface area contributed by atoms with E-state index in [9.17, 15) is 9.59 Å². The number of carbonyl (C=O) groups is 1. The summed E-state index contributed by atoms with van der Waals surface area (Å²) in [6, 6.07) is 0. The fraction of sp³-hybridized carbons (Fsp3) is 0.650. The molecule has 2 aromatic rings. The normalized spacial score (nSPS) is 18.2. The number of likely N-dealkylation sites (tertiary alicyclic amines) is 1. The number of carbonyl (C=O) groups excluding carboxylic acids is 1. The molecule has 3 heterocycles. The lowest BCUT2D eigenvalue weighted by atomic mass is 9.97. The fourth-order valence-electron chi connectivity index (χ4n) is 4.11. The van der Waals surface area contributed by atoms with E-state index in [4.69, 9.17) is 4.98 Å². The fourth-order valence-corrected chi connectivity index (χ4v) is 6.29. The minimum Gasteiger partial charge on any atom is -0.342 e. The minimum absolute atomic E-state index is 0.0422. The van der Waals surface area contributed by atoms with Crippen LogP contribution in [0.5, 0.6) is 0 Å². The molecule has 0 atom stereocenters. The molecule has 2 aliphatic rings. The maximum Gasteiger partial charge on any atom is 0.262 e. The largest absolute Gasteiger partial charge is 0.342 e. The summed E-state index contributed by atoms with van der Waals surface area (Å²) in [6.07, 6.45) is 10.3. The highest BCUT2D eigenvalue weighted by Gasteiger charge is 2.22. The van der Waals surface area contributed by atoms with Crippen LogP contribution >= 0.6 is 23.1 Å². The van der Waals surface area contributed by atoms with Crippen LogP contribution in [0.2, 0.25) is 0 Å². The average Bonchev–Trinajstić information content (AvgIpc) is 3.01. The van der Waals surface area contributed by atoms with Crippen molar-refractivity contribution >= 4 is 39.2 Å². The Morgan fingerprint density at radius 2 is 1.78 bits per heavy atom. The summed E-state index contributed by atoms with van der Waals surface area (Å²) >= 11 is 3.07. The number of amides is 1. The SMILES string of the molecule is Cn1c(SCC(=O)N2CCCCCCC2)nc2sc3c(c2c1=O)CCCC3. The van der Waals surface area contributed by atoms with Crippen molar-refractivity contribution < 1.29 is 4.79 Å². The molecule has 0 radical (unpaired) electrons. The van der Waals surface area contributed by atoms with Crippen molar-refractivity contribution in [1.29, 1.82) is 0 Å². The first-order valence-corrected chi connectivity index (χ1v) is 11.9. The Morgan fingerprint density at radius 3 is 2.56 bits per heavy atom. The highest BCUT2D eigenvalue weighted by Crippen LogP contribution is 2.34. The molecule has 5 nitrogen and oxygen atoms in total. The van der Waals surface area contributed by atoms with E-state index in [0.29, 0.717) is 10.9 Å². The number of aromatic nitrogens is 2. The summed E-state index contributed by atoms with van der Waals surface area (Å²) in [6.45, 7) is 1.73. The Bertz CT molecular complexity index is 895. The number of rotatable bonds is 3. The second kappa shape index (κ2) is 8.35. The molecule has 2 aromatic heterocycles. The quantitative estimate of drug-likeness (QED) is 0.576. The van der Waals surface area contributed by atoms with Crippen LogP contribution in [0, 0.1) is 0 Å². The summed E-state index contributed by atoms with van der Waals surface area (Å²) in [4.78, 5) is 34.5. The van der Waals surface area contributed by atoms with Crippen molar-refractivity contribution in [3.05, 3.63) is 20.8 Å². The van der Waals surface area contributed by atoms with Gasteiger partial charge in [0.05, 0.1) is 11.1 Å². The van der Waals surface area contributed by atoms with Gasteiger partial charge in [-0.3, -0.25) is 14.2 Å². The Morgan fingerprint density at radius 1 is 1.07 bits per heavy atom. The van der Waals surface area contributed by atoms with Gasteiger partial charge in [0.15, 0.2) is 5.16 Å². The lowest BCUT2D eigenvalue weighted by molar-refractivity contribution is -0.128. The molecule has 0 bridgehead atoms. The molecule has 1 aliphatic heterocycles. The number of fused-ring (bicyclic) bond motifs is 3. The van der Waals surface area contributed by atoms with Gasteiger partial charge < -0.3 is 4.90 Å². The van der Waals surface area contributed by atoms with Gasteiger partial charge >= 0.3 is 0 Å². The smallest absolute Gasteiger partial charge is 0.262 e. The van der Waals surface area contributed by atoms with Crippen molar-refractivity contribution in [2.75, 3.05) is 18.8 Å². The third kappa shape index (κ3) is 3.94. The van der Waals surface area contributed by atoms with Crippen LogP contribution < -0.4 is 5.56 Å². The Hall–Kier alpha value is -1.34. The van der Waals surface area contributed by atoms with Crippen LogP contribution in [0.25, 0.3) is 10.2 Å². The molecule has 27 heavy (non-hydrogen) atoms. The molecule has 0 saturated carbocycles. The van der Waals surface area contributed by atoms with Crippen LogP contribution in [0.1, 0.15) is 55.4 Å². The number of thiophene rings is 1. The molecule has 7 heteroatoms. The van der Waals surface area contributed by atoms with Gasteiger partial charge in [-0.2, -0.15) is 0 Å². The third-order valence-corrected chi connectivity index (χ3v) is 7.89. The molecule has 1 amide bonds. The zero-order valence-corrected chi connectivity index (χ0v) is 17.6. The zero-order valence-electron chi connectivity index (χ0n) is 16.0. The second-order valence-corrected chi connectivity index (χ2v) is 9.61. The van der Waals surface area contributed by atoms with E-state index in [1.807, 2.05) is 4.90 Å². The van der Waals surface area contributed by atoms with Gasteiger partial charge in [0.1, 0.15) is 4.83 Å². The molecule has 0 spiro atoms. The van der Waals surface area contributed by atoms with Gasteiger partial charge in [-0.15, -0.1) is 11.3 Å². The first-order valence-electron chi connectivity index (χ1n) is 10.1. The van der Waals surface area contributed by atoms with Crippen molar-refractivity contribution in [2.24, 2.45) is 7.05 Å². The van der Waals surface area contributed by atoms with Gasteiger partial charge in [0, 0.05) is 25.0 Å². The molecule has 1 aliphatic carbocycles. The van der Waals surface area contributed by atoms with Crippen molar-refractivity contribution in [3.8, 4) is 0 Å². The third-order valence-electron chi connectivity index (χ3n) is 5.69. The standard InChI is InChI=1S/C20H27N3O2S2/c1-22-19(25)17-14-9-5-6-10-15(14)27-18(17)21-20(22)26-13-16(24)23-11-7-3-2-4-8-12-23/h2-13H2,1H3. The number of aryl methyl sites for hydroxylation is 2. The molecular formula is C20H27N3O2S2. The van der Waals surface area contributed by atoms with Crippen LogP contribution in [0.3, 0.4) is 0 Å². The van der Waals surface area contributed by atoms with Gasteiger partial charge in [0.25, 0.3) is 5.56 Å². The molecule has 1 fully saturated rings. The molecule has 4 rings (SSSR count). The maximum absolute atomic E-state index is 12.9. The van der Waals surface area contributed by atoms with Gasteiger partial charge in [-0.1, -0.05) is 31.0 Å². The average molecular weight is 406 g/mol. The number of hydrogen-bond donors (Lipinski definition) is 0. The van der Waals surface area contributed by atoms with E-state index < -0.39 is 0 Å². The summed E-state index contributed by atoms with van der Waals surface area (Å²) in [7, 11) is 1.78. The van der Waals surface area contributed by atoms with Crippen molar-refractivity contribution in [1.82, 2.24) is 14.5 Å². The first kappa shape index (κ1) is 19.0. The van der Waals surface area contributed by atoms with Crippen LogP contribution in [-0.2, 0) is 24.7 Å². The van der Waals surface area contributed by atoms with E-state index in [2.05, 4.69) is 0 Å². The molecule has 0 aromatic carbocycles. The van der Waals surface area contributed by atoms with E-state index >= 15 is 0 Å². The molecule has 0 unspecified atom stereocenters. The predicted molar refractivity (Wildman–Crippen MR) is 112 cm³/mol. The number of thioether (sulfide) groups is 1. The Balaban J connectivity index is 1.52. The maximum atomic E-state index is 12.9. The van der Waals surface area contributed by atoms with E-state index in [1.54, 1.807) is 23.0 Å². The first-order chi connectivity index (χ1) is 13.1. The minimum atomic E-state index is 0.0422. The van der Waals surface area contributed by atoms with E-state index in [0.717, 1.165) is 55.4 Å². The monoisotopic (exact) mass is 405 g/mol. The number of hydrogen-bond acceptors (Lipinski definition) is 5. The highest BCUT2D eigenvalue weighted by molar-refractivity contribution is 7.99. The lowest BCUT2D eigenvalue weighted by Crippen LogP contribution is -2.35. The predicted octanol–water partition coefficient (Wildman–Crippen LogP) is 3.76. The highest BCUT2D eigenvalue weighted by atomic mass is 32.2. The van der Waals surface area contributed by atoms with Crippen LogP contribution in [0.4, 0.5) is 0 Å². The van der Waals surface area contributed by atoms with E-state index in [-0.39, 0.29) is 11.5 Å². The van der Waals surface area contributed by atoms with Crippen LogP contribution in [-0.4, -0.2) is 39.2 Å². The Labute approximate surface area is 168 Å². The summed E-state index contributed by atoms with van der Waals surface area (Å²) in [5, 5.41) is 1.48. The van der Waals surface area contributed by atoms with Gasteiger partial charge in [-0.05, 0) is 44.1 Å². The summed E-state index contributed by atoms with van der Waals surface area (Å²) in [5.74, 6) is 0.526. The molecule has 0 N–H and O–H groups in total. The lowest BCUT2D eigenvalue weighted by Gasteiger charge is -2.24. The Kier molecular flexibility index (Phi) is 5.88. The van der Waals surface area contributed by atoms with Crippen molar-refractivity contribution in [2.45, 2.75) is 62.9 Å². The molecular weight excluding hydrogens is 378 g/mol. The second-order valence-electron chi connectivity index (χ2n) is 7.59. The topological polar surface area (TPSA) is 55.2 Å². The number of nitrogens with zero attached hydrogens (tertiary/aromatic N) is 3. The summed E-state index contributed by atoms with van der Waals surface area (Å²) in [5.41, 5.74) is 1.27. The van der Waals surface area contributed by atoms with Crippen molar-refractivity contribution in [3.63, 3.8) is 0 Å². The summed E-state index contributed by atoms with van der Waals surface area (Å²) < 4.78 is 1.63. The van der Waals surface area contributed by atoms with Crippen LogP contribution in [0.15, 0.2) is 9.95 Å². The molecule has 1 saturated heterocycles.